The van der Waals surface area contributed by atoms with Crippen LogP contribution in [0.2, 0.25) is 0 Å². The maximum absolute atomic E-state index is 11.5. The highest BCUT2D eigenvalue weighted by Gasteiger charge is 2.21. The maximum Gasteiger partial charge on any atom is 0.351 e. The van der Waals surface area contributed by atoms with E-state index in [9.17, 15) is 9.90 Å². The van der Waals surface area contributed by atoms with Crippen LogP contribution in [0.3, 0.4) is 0 Å². The van der Waals surface area contributed by atoms with Crippen molar-refractivity contribution in [3.8, 4) is 22.6 Å². The number of ether oxygens (including phenoxy) is 1. The maximum atomic E-state index is 11.5. The Morgan fingerprint density at radius 2 is 1.81 bits per heavy atom. The zero-order valence-corrected chi connectivity index (χ0v) is 13.8. The van der Waals surface area contributed by atoms with Crippen molar-refractivity contribution in [1.82, 2.24) is 4.57 Å². The molecule has 0 spiro atoms. The number of carboxylic acids is 1. The van der Waals surface area contributed by atoms with E-state index >= 15 is 0 Å². The first-order valence-corrected chi connectivity index (χ1v) is 7.59. The van der Waals surface area contributed by atoms with Crippen LogP contribution in [0.15, 0.2) is 54.7 Å². The highest BCUT2D eigenvalue weighted by atomic mass is 16.5. The minimum atomic E-state index is -1.09. The van der Waals surface area contributed by atoms with Crippen molar-refractivity contribution in [3.63, 3.8) is 0 Å². The third kappa shape index (κ3) is 3.12. The highest BCUT2D eigenvalue weighted by Crippen LogP contribution is 2.36. The number of rotatable bonds is 4. The largest absolute Gasteiger partial charge is 0.477 e. The fourth-order valence-corrected chi connectivity index (χ4v) is 2.68. The molecule has 0 bridgehead atoms. The standard InChI is InChI=1S/C20H13N3O3/c1-21-14-5-4-6-16(11-14)26-15-9-7-13(8-10-15)18-17(22-2)12-23(3)19(18)20(24)25/h4-12H,3H3,(H,24,25). The lowest BCUT2D eigenvalue weighted by molar-refractivity contribution is 0.0687. The molecule has 1 N–H and O–H groups in total. The molecule has 2 aromatic carbocycles. The van der Waals surface area contributed by atoms with Crippen molar-refractivity contribution in [2.45, 2.75) is 0 Å². The van der Waals surface area contributed by atoms with Crippen LogP contribution in [0, 0.1) is 13.1 Å². The van der Waals surface area contributed by atoms with Crippen LogP contribution in [0.4, 0.5) is 11.4 Å². The van der Waals surface area contributed by atoms with Gasteiger partial charge in [0.05, 0.1) is 13.1 Å². The van der Waals surface area contributed by atoms with Gasteiger partial charge in [-0.15, -0.1) is 0 Å². The third-order valence-electron chi connectivity index (χ3n) is 3.81. The average Bonchev–Trinajstić information content (AvgIpc) is 2.99. The second-order valence-corrected chi connectivity index (χ2v) is 5.50. The van der Waals surface area contributed by atoms with E-state index in [1.807, 2.05) is 0 Å². The summed E-state index contributed by atoms with van der Waals surface area (Å²) in [6.45, 7) is 14.3. The molecule has 0 unspecified atom stereocenters. The number of aryl methyl sites for hydroxylation is 1. The molecule has 0 aliphatic heterocycles. The third-order valence-corrected chi connectivity index (χ3v) is 3.81. The van der Waals surface area contributed by atoms with Gasteiger partial charge in [-0.05, 0) is 29.8 Å². The Bertz CT molecular complexity index is 1070. The van der Waals surface area contributed by atoms with E-state index in [1.54, 1.807) is 55.6 Å². The van der Waals surface area contributed by atoms with Crippen molar-refractivity contribution in [1.29, 1.82) is 0 Å². The summed E-state index contributed by atoms with van der Waals surface area (Å²) >= 11 is 0. The molecule has 0 fully saturated rings. The lowest BCUT2D eigenvalue weighted by Gasteiger charge is -2.08. The number of carbonyl (C=O) groups is 1. The summed E-state index contributed by atoms with van der Waals surface area (Å²) in [6.07, 6.45) is 1.51. The molecule has 0 atom stereocenters. The van der Waals surface area contributed by atoms with Gasteiger partial charge in [0.1, 0.15) is 17.2 Å². The zero-order chi connectivity index (χ0) is 18.7. The monoisotopic (exact) mass is 343 g/mol. The molecule has 0 aliphatic rings. The van der Waals surface area contributed by atoms with Gasteiger partial charge in [-0.25, -0.2) is 14.5 Å². The Hall–Kier alpha value is -4.03. The van der Waals surface area contributed by atoms with E-state index in [0.29, 0.717) is 28.3 Å². The molecule has 0 radical (unpaired) electrons. The van der Waals surface area contributed by atoms with Gasteiger partial charge in [0.2, 0.25) is 5.69 Å². The number of hydrogen-bond donors (Lipinski definition) is 1. The van der Waals surface area contributed by atoms with E-state index in [-0.39, 0.29) is 11.4 Å². The summed E-state index contributed by atoms with van der Waals surface area (Å²) in [5.74, 6) is 0.000711. The molecule has 1 heterocycles. The van der Waals surface area contributed by atoms with Crippen LogP contribution in [-0.2, 0) is 7.05 Å². The molecule has 6 heteroatoms. The fourth-order valence-electron chi connectivity index (χ4n) is 2.68. The molecular formula is C20H13N3O3. The Balaban J connectivity index is 1.95. The minimum absolute atomic E-state index is 0.0643. The lowest BCUT2D eigenvalue weighted by atomic mass is 10.0. The summed E-state index contributed by atoms with van der Waals surface area (Å²) < 4.78 is 7.16. The summed E-state index contributed by atoms with van der Waals surface area (Å²) in [6, 6.07) is 13.6. The average molecular weight is 343 g/mol. The predicted octanol–water partition coefficient (Wildman–Crippen LogP) is 5.28. The fraction of sp³-hybridized carbons (Fsp3) is 0.0500. The van der Waals surface area contributed by atoms with Crippen molar-refractivity contribution in [2.24, 2.45) is 7.05 Å². The van der Waals surface area contributed by atoms with Gasteiger partial charge < -0.3 is 14.4 Å². The lowest BCUT2D eigenvalue weighted by Crippen LogP contribution is -2.05. The van der Waals surface area contributed by atoms with E-state index in [0.717, 1.165) is 0 Å². The second kappa shape index (κ2) is 6.84. The SMILES string of the molecule is [C-]#[N+]c1cccc(Oc2ccc(-c3c([N+]#[C-])cn(C)c3C(=O)O)cc2)c1. The molecule has 0 saturated heterocycles. The molecule has 0 amide bonds. The molecule has 1 aromatic heterocycles. The minimum Gasteiger partial charge on any atom is -0.477 e. The van der Waals surface area contributed by atoms with Crippen LogP contribution in [0.25, 0.3) is 20.8 Å². The first-order chi connectivity index (χ1) is 12.5. The molecule has 6 nitrogen and oxygen atoms in total. The topological polar surface area (TPSA) is 60.2 Å². The van der Waals surface area contributed by atoms with Crippen LogP contribution in [-0.4, -0.2) is 15.6 Å². The smallest absolute Gasteiger partial charge is 0.351 e. The van der Waals surface area contributed by atoms with Crippen LogP contribution < -0.4 is 4.74 Å². The molecular weight excluding hydrogens is 330 g/mol. The summed E-state index contributed by atoms with van der Waals surface area (Å²) in [4.78, 5) is 18.3. The Morgan fingerprint density at radius 1 is 1.08 bits per heavy atom. The molecule has 0 saturated carbocycles. The molecule has 0 aliphatic carbocycles. The number of nitrogens with zero attached hydrogens (tertiary/aromatic N) is 3. The Kier molecular flexibility index (Phi) is 4.42. The van der Waals surface area contributed by atoms with Crippen molar-refractivity contribution < 1.29 is 14.6 Å². The zero-order valence-electron chi connectivity index (χ0n) is 13.8. The predicted molar refractivity (Wildman–Crippen MR) is 96.8 cm³/mol. The number of aromatic carboxylic acids is 1. The van der Waals surface area contributed by atoms with Crippen LogP contribution >= 0.6 is 0 Å². The number of aromatic nitrogens is 1. The van der Waals surface area contributed by atoms with E-state index in [4.69, 9.17) is 17.9 Å². The quantitative estimate of drug-likeness (QED) is 0.655. The van der Waals surface area contributed by atoms with Gasteiger partial charge in [-0.2, -0.15) is 0 Å². The number of hydrogen-bond acceptors (Lipinski definition) is 2. The molecule has 3 aromatic rings. The normalized spacial score (nSPS) is 9.96. The van der Waals surface area contributed by atoms with Crippen molar-refractivity contribution >= 4 is 17.3 Å². The van der Waals surface area contributed by atoms with E-state index < -0.39 is 5.97 Å². The van der Waals surface area contributed by atoms with Gasteiger partial charge >= 0.3 is 5.97 Å². The van der Waals surface area contributed by atoms with E-state index in [1.165, 1.54) is 10.8 Å². The Morgan fingerprint density at radius 3 is 2.42 bits per heavy atom. The van der Waals surface area contributed by atoms with Gasteiger partial charge in [-0.3, -0.25) is 0 Å². The molecule has 3 rings (SSSR count). The summed E-state index contributed by atoms with van der Waals surface area (Å²) in [7, 11) is 1.60. The first-order valence-electron chi connectivity index (χ1n) is 7.59. The summed E-state index contributed by atoms with van der Waals surface area (Å²) in [5.41, 5.74) is 1.83. The summed E-state index contributed by atoms with van der Waals surface area (Å²) in [5, 5.41) is 9.44. The van der Waals surface area contributed by atoms with Gasteiger partial charge in [0.15, 0.2) is 5.69 Å². The molecule has 26 heavy (non-hydrogen) atoms. The van der Waals surface area contributed by atoms with Gasteiger partial charge in [-0.1, -0.05) is 24.3 Å². The second-order valence-electron chi connectivity index (χ2n) is 5.50. The van der Waals surface area contributed by atoms with Crippen molar-refractivity contribution in [3.05, 3.63) is 83.3 Å². The van der Waals surface area contributed by atoms with Crippen LogP contribution in [0.5, 0.6) is 11.5 Å². The highest BCUT2D eigenvalue weighted by molar-refractivity contribution is 5.99. The number of benzene rings is 2. The van der Waals surface area contributed by atoms with Crippen LogP contribution in [0.1, 0.15) is 10.5 Å². The van der Waals surface area contributed by atoms with E-state index in [2.05, 4.69) is 9.69 Å². The number of carboxylic acid groups (broad SMARTS) is 1. The Labute approximate surface area is 150 Å². The molecule has 126 valence electrons. The van der Waals surface area contributed by atoms with Gasteiger partial charge in [0.25, 0.3) is 0 Å². The van der Waals surface area contributed by atoms with Gasteiger partial charge in [0, 0.05) is 18.8 Å². The van der Waals surface area contributed by atoms with Crippen molar-refractivity contribution in [2.75, 3.05) is 0 Å². The first kappa shape index (κ1) is 16.8.